The van der Waals surface area contributed by atoms with Crippen molar-refractivity contribution in [3.63, 3.8) is 0 Å². The molecular formula is C21H17ClFN3O5S. The molecule has 3 rings (SSSR count). The van der Waals surface area contributed by atoms with Gasteiger partial charge in [-0.25, -0.2) is 9.18 Å². The molecule has 11 heteroatoms. The maximum absolute atomic E-state index is 14.0. The van der Waals surface area contributed by atoms with Crippen LogP contribution in [-0.2, 0) is 20.9 Å². The van der Waals surface area contributed by atoms with Crippen molar-refractivity contribution < 1.29 is 28.2 Å². The monoisotopic (exact) mass is 477 g/mol. The lowest BCUT2D eigenvalue weighted by molar-refractivity contribution is -0.135. The molecule has 1 N–H and O–H groups in total. The molecule has 0 aromatic heterocycles. The van der Waals surface area contributed by atoms with Crippen molar-refractivity contribution >= 4 is 46.6 Å². The summed E-state index contributed by atoms with van der Waals surface area (Å²) in [5.74, 6) is -0.787. The molecule has 166 valence electrons. The van der Waals surface area contributed by atoms with Crippen LogP contribution < -0.4 is 14.8 Å². The van der Waals surface area contributed by atoms with Crippen LogP contribution in [0.2, 0.25) is 5.02 Å². The number of hydrogen-bond acceptors (Lipinski definition) is 8. The second kappa shape index (κ2) is 10.8. The van der Waals surface area contributed by atoms with Crippen molar-refractivity contribution in [2.24, 2.45) is 10.2 Å². The van der Waals surface area contributed by atoms with Crippen molar-refractivity contribution in [1.29, 1.82) is 0 Å². The molecule has 1 heterocycles. The smallest absolute Gasteiger partial charge is 0.331 e. The fourth-order valence-electron chi connectivity index (χ4n) is 2.50. The lowest BCUT2D eigenvalue weighted by Crippen LogP contribution is -2.19. The molecule has 2 aromatic rings. The second-order valence-electron chi connectivity index (χ2n) is 6.14. The minimum Gasteiger partial charge on any atom is -0.493 e. The van der Waals surface area contributed by atoms with Gasteiger partial charge in [0, 0.05) is 11.6 Å². The third-order valence-corrected chi connectivity index (χ3v) is 5.33. The van der Waals surface area contributed by atoms with Crippen molar-refractivity contribution in [1.82, 2.24) is 5.32 Å². The summed E-state index contributed by atoms with van der Waals surface area (Å²) >= 11 is 7.00. The SMILES string of the molecule is COC(=O)/C=C1/S/C(=N\N=Cc2ccc(OC)c(OCc3c(F)cccc3Cl)c2)NC1=O. The maximum atomic E-state index is 14.0. The number of amidine groups is 1. The highest BCUT2D eigenvalue weighted by atomic mass is 35.5. The molecule has 0 saturated carbocycles. The zero-order chi connectivity index (χ0) is 23.1. The predicted octanol–water partition coefficient (Wildman–Crippen LogP) is 3.68. The molecule has 0 bridgehead atoms. The molecule has 0 aliphatic carbocycles. The molecular weight excluding hydrogens is 461 g/mol. The fourth-order valence-corrected chi connectivity index (χ4v) is 3.45. The summed E-state index contributed by atoms with van der Waals surface area (Å²) in [5, 5.41) is 10.8. The van der Waals surface area contributed by atoms with Crippen LogP contribution in [0.15, 0.2) is 57.6 Å². The number of ether oxygens (including phenoxy) is 3. The number of methoxy groups -OCH3 is 2. The van der Waals surface area contributed by atoms with Gasteiger partial charge in [-0.05, 0) is 47.7 Å². The summed E-state index contributed by atoms with van der Waals surface area (Å²) in [5.41, 5.74) is 0.843. The average molecular weight is 478 g/mol. The van der Waals surface area contributed by atoms with Gasteiger partial charge in [-0.1, -0.05) is 17.7 Å². The summed E-state index contributed by atoms with van der Waals surface area (Å²) < 4.78 is 29.5. The van der Waals surface area contributed by atoms with E-state index in [0.29, 0.717) is 17.1 Å². The lowest BCUT2D eigenvalue weighted by Gasteiger charge is -2.12. The highest BCUT2D eigenvalue weighted by molar-refractivity contribution is 8.18. The number of halogens is 2. The van der Waals surface area contributed by atoms with Crippen LogP contribution in [-0.4, -0.2) is 37.5 Å². The Labute approximate surface area is 192 Å². The van der Waals surface area contributed by atoms with Gasteiger partial charge in [-0.3, -0.25) is 10.1 Å². The Balaban J connectivity index is 1.72. The van der Waals surface area contributed by atoms with Crippen LogP contribution in [0.3, 0.4) is 0 Å². The van der Waals surface area contributed by atoms with Crippen LogP contribution in [0.1, 0.15) is 11.1 Å². The summed E-state index contributed by atoms with van der Waals surface area (Å²) in [6.45, 7) is -0.0945. The maximum Gasteiger partial charge on any atom is 0.331 e. The first-order chi connectivity index (χ1) is 15.4. The number of carbonyl (C=O) groups excluding carboxylic acids is 2. The quantitative estimate of drug-likeness (QED) is 0.283. The Bertz CT molecular complexity index is 1120. The number of thioether (sulfide) groups is 1. The molecule has 1 aliphatic heterocycles. The molecule has 2 aromatic carbocycles. The van der Waals surface area contributed by atoms with Gasteiger partial charge in [-0.2, -0.15) is 5.10 Å². The van der Waals surface area contributed by atoms with Crippen LogP contribution >= 0.6 is 23.4 Å². The molecule has 8 nitrogen and oxygen atoms in total. The van der Waals surface area contributed by atoms with E-state index < -0.39 is 17.7 Å². The largest absolute Gasteiger partial charge is 0.493 e. The zero-order valence-electron chi connectivity index (χ0n) is 16.9. The number of amides is 1. The van der Waals surface area contributed by atoms with E-state index in [1.165, 1.54) is 32.6 Å². The number of benzene rings is 2. The lowest BCUT2D eigenvalue weighted by atomic mass is 10.2. The summed E-state index contributed by atoms with van der Waals surface area (Å²) in [6, 6.07) is 9.41. The Kier molecular flexibility index (Phi) is 7.85. The molecule has 0 atom stereocenters. The minimum absolute atomic E-state index is 0.0945. The summed E-state index contributed by atoms with van der Waals surface area (Å²) in [4.78, 5) is 23.2. The van der Waals surface area contributed by atoms with E-state index in [1.807, 2.05) is 0 Å². The number of nitrogens with zero attached hydrogens (tertiary/aromatic N) is 2. The van der Waals surface area contributed by atoms with Crippen LogP contribution in [0.25, 0.3) is 0 Å². The normalized spacial score (nSPS) is 15.9. The predicted molar refractivity (Wildman–Crippen MR) is 120 cm³/mol. The van der Waals surface area contributed by atoms with Gasteiger partial charge in [0.05, 0.1) is 30.4 Å². The van der Waals surface area contributed by atoms with Crippen molar-refractivity contribution in [3.8, 4) is 11.5 Å². The molecule has 1 saturated heterocycles. The average Bonchev–Trinajstić information content (AvgIpc) is 3.12. The standard InChI is InChI=1S/C21H17ClFN3O5S/c1-29-16-7-6-12(8-17(16)31-11-13-14(22)4-3-5-15(13)23)10-24-26-21-25-20(28)18(32-21)9-19(27)30-2/h3-10H,11H2,1-2H3,(H,25,26,28)/b18-9+,24-10?. The summed E-state index contributed by atoms with van der Waals surface area (Å²) in [7, 11) is 2.70. The first kappa shape index (κ1) is 23.3. The Morgan fingerprint density at radius 1 is 1.25 bits per heavy atom. The van der Waals surface area contributed by atoms with Gasteiger partial charge in [0.25, 0.3) is 5.91 Å². The molecule has 0 unspecified atom stereocenters. The van der Waals surface area contributed by atoms with E-state index >= 15 is 0 Å². The van der Waals surface area contributed by atoms with Crippen LogP contribution in [0, 0.1) is 5.82 Å². The Morgan fingerprint density at radius 3 is 2.78 bits per heavy atom. The molecule has 1 amide bonds. The number of hydrogen-bond donors (Lipinski definition) is 1. The van der Waals surface area contributed by atoms with E-state index in [1.54, 1.807) is 24.3 Å². The number of rotatable bonds is 7. The van der Waals surface area contributed by atoms with Crippen molar-refractivity contribution in [3.05, 3.63) is 69.3 Å². The van der Waals surface area contributed by atoms with Gasteiger partial charge < -0.3 is 14.2 Å². The first-order valence-electron chi connectivity index (χ1n) is 9.05. The fraction of sp³-hybridized carbons (Fsp3) is 0.143. The van der Waals surface area contributed by atoms with Gasteiger partial charge in [0.2, 0.25) is 0 Å². The molecule has 1 fully saturated rings. The van der Waals surface area contributed by atoms with Crippen molar-refractivity contribution in [2.75, 3.05) is 14.2 Å². The van der Waals surface area contributed by atoms with Crippen LogP contribution in [0.4, 0.5) is 4.39 Å². The van der Waals surface area contributed by atoms with Gasteiger partial charge in [0.15, 0.2) is 16.7 Å². The van der Waals surface area contributed by atoms with Gasteiger partial charge in [-0.15, -0.1) is 5.10 Å². The van der Waals surface area contributed by atoms with Crippen molar-refractivity contribution in [2.45, 2.75) is 6.61 Å². The van der Waals surface area contributed by atoms with E-state index in [2.05, 4.69) is 20.3 Å². The summed E-state index contributed by atoms with van der Waals surface area (Å²) in [6.07, 6.45) is 2.51. The highest BCUT2D eigenvalue weighted by Gasteiger charge is 2.25. The third kappa shape index (κ3) is 5.86. The van der Waals surface area contributed by atoms with Gasteiger partial charge >= 0.3 is 5.97 Å². The molecule has 0 radical (unpaired) electrons. The Morgan fingerprint density at radius 2 is 2.06 bits per heavy atom. The topological polar surface area (TPSA) is 98.6 Å². The zero-order valence-corrected chi connectivity index (χ0v) is 18.5. The first-order valence-corrected chi connectivity index (χ1v) is 10.2. The van der Waals surface area contributed by atoms with E-state index in [4.69, 9.17) is 21.1 Å². The molecule has 0 spiro atoms. The molecule has 32 heavy (non-hydrogen) atoms. The van der Waals surface area contributed by atoms with Gasteiger partial charge in [0.1, 0.15) is 12.4 Å². The highest BCUT2D eigenvalue weighted by Crippen LogP contribution is 2.30. The number of carbonyl (C=O) groups is 2. The Hall–Kier alpha value is -3.37. The van der Waals surface area contributed by atoms with Crippen LogP contribution in [0.5, 0.6) is 11.5 Å². The third-order valence-electron chi connectivity index (χ3n) is 4.08. The minimum atomic E-state index is -0.644. The van der Waals surface area contributed by atoms with E-state index in [0.717, 1.165) is 17.8 Å². The van der Waals surface area contributed by atoms with E-state index in [9.17, 15) is 14.0 Å². The number of esters is 1. The second-order valence-corrected chi connectivity index (χ2v) is 7.57. The number of nitrogens with one attached hydrogen (secondary N) is 1. The van der Waals surface area contributed by atoms with E-state index in [-0.39, 0.29) is 27.3 Å². The molecule has 1 aliphatic rings.